The van der Waals surface area contributed by atoms with Gasteiger partial charge < -0.3 is 25.0 Å². The van der Waals surface area contributed by atoms with Crippen LogP contribution in [0.1, 0.15) is 40.0 Å². The number of rotatable bonds is 4. The summed E-state index contributed by atoms with van der Waals surface area (Å²) < 4.78 is 25.1. The number of hydrogen-bond donors (Lipinski definition) is 2. The Kier molecular flexibility index (Phi) is 6.60. The van der Waals surface area contributed by atoms with E-state index in [0.717, 1.165) is 0 Å². The number of amides is 3. The third kappa shape index (κ3) is 4.98. The maximum atomic E-state index is 13.3. The third-order valence-corrected chi connectivity index (χ3v) is 6.07. The second kappa shape index (κ2) is 9.58. The molecule has 9 heteroatoms. The predicted octanol–water partition coefficient (Wildman–Crippen LogP) is 2.59. The fourth-order valence-electron chi connectivity index (χ4n) is 4.22. The number of hydrogen-bond acceptors (Lipinski definition) is 5. The van der Waals surface area contributed by atoms with E-state index in [0.29, 0.717) is 35.4 Å². The number of nitrogens with zero attached hydrogens (tertiary/aromatic N) is 1. The van der Waals surface area contributed by atoms with Gasteiger partial charge in [-0.3, -0.25) is 14.4 Å². The van der Waals surface area contributed by atoms with Crippen LogP contribution >= 0.6 is 0 Å². The fourth-order valence-corrected chi connectivity index (χ4v) is 4.22. The van der Waals surface area contributed by atoms with E-state index in [1.807, 2.05) is 0 Å². The van der Waals surface area contributed by atoms with Gasteiger partial charge in [-0.15, -0.1) is 0 Å². The fraction of sp³-hybridized carbons (Fsp3) is 0.375. The molecule has 0 radical (unpaired) electrons. The maximum absolute atomic E-state index is 13.3. The zero-order valence-electron chi connectivity index (χ0n) is 18.5. The molecule has 0 spiro atoms. The minimum atomic E-state index is -0.427. The second-order valence-corrected chi connectivity index (χ2v) is 8.22. The van der Waals surface area contributed by atoms with Crippen LogP contribution in [0.15, 0.2) is 42.5 Å². The number of carbonyl (C=O) groups excluding carboxylic acids is 3. The van der Waals surface area contributed by atoms with Crippen molar-refractivity contribution in [2.75, 3.05) is 26.0 Å². The van der Waals surface area contributed by atoms with Gasteiger partial charge in [-0.25, -0.2) is 4.39 Å². The van der Waals surface area contributed by atoms with Gasteiger partial charge in [-0.2, -0.15) is 0 Å². The molecule has 8 nitrogen and oxygen atoms in total. The molecule has 33 heavy (non-hydrogen) atoms. The molecular weight excluding hydrogens is 429 g/mol. The molecule has 2 aliphatic rings. The average Bonchev–Trinajstić information content (AvgIpc) is 2.82. The topological polar surface area (TPSA) is 97.0 Å². The zero-order chi connectivity index (χ0) is 23.5. The van der Waals surface area contributed by atoms with Gasteiger partial charge in [0, 0.05) is 25.3 Å². The molecule has 0 unspecified atom stereocenters. The molecule has 4 rings (SSSR count). The number of carbonyl (C=O) groups is 3. The van der Waals surface area contributed by atoms with Gasteiger partial charge in [-0.1, -0.05) is 0 Å². The summed E-state index contributed by atoms with van der Waals surface area (Å²) in [4.78, 5) is 39.1. The van der Waals surface area contributed by atoms with Crippen LogP contribution in [0.2, 0.25) is 0 Å². The molecule has 0 bridgehead atoms. The van der Waals surface area contributed by atoms with Crippen molar-refractivity contribution in [2.45, 2.75) is 37.5 Å². The summed E-state index contributed by atoms with van der Waals surface area (Å²) in [5.41, 5.74) is 1.06. The standard InChI is InChI=1S/C24H26FN3O5/c1-26-22(29)12-17-8-9-19-21(33-17)13-32-20-10-7-16(11-18(20)24(31)28(19)2)27-23(30)14-3-5-15(25)6-4-14/h3-7,10-11,17,19,21H,8-9,12-13H2,1-2H3,(H,26,29)(H,27,30)/t17-,19+,21-/m1/s1. The molecule has 0 aromatic heterocycles. The lowest BCUT2D eigenvalue weighted by atomic mass is 9.94. The molecule has 2 heterocycles. The molecular formula is C24H26FN3O5. The summed E-state index contributed by atoms with van der Waals surface area (Å²) in [5, 5.41) is 5.34. The van der Waals surface area contributed by atoms with Crippen LogP contribution in [0.25, 0.3) is 0 Å². The Bertz CT molecular complexity index is 1060. The van der Waals surface area contributed by atoms with E-state index in [4.69, 9.17) is 9.47 Å². The number of fused-ring (bicyclic) bond motifs is 2. The highest BCUT2D eigenvalue weighted by Gasteiger charge is 2.39. The highest BCUT2D eigenvalue weighted by Crippen LogP contribution is 2.32. The third-order valence-electron chi connectivity index (χ3n) is 6.07. The molecule has 2 aromatic rings. The van der Waals surface area contributed by atoms with Crippen molar-refractivity contribution in [1.82, 2.24) is 10.2 Å². The summed E-state index contributed by atoms with van der Waals surface area (Å²) in [6.07, 6.45) is 1.04. The van der Waals surface area contributed by atoms with Crippen LogP contribution in [0.5, 0.6) is 5.75 Å². The van der Waals surface area contributed by atoms with Crippen molar-refractivity contribution in [3.8, 4) is 5.75 Å². The SMILES string of the molecule is CNC(=O)C[C@H]1CC[C@H]2[C@@H](COc3ccc(NC(=O)c4ccc(F)cc4)cc3C(=O)N2C)O1. The first-order chi connectivity index (χ1) is 15.9. The van der Waals surface area contributed by atoms with Gasteiger partial charge in [0.1, 0.15) is 24.3 Å². The summed E-state index contributed by atoms with van der Waals surface area (Å²) in [6.45, 7) is 0.237. The molecule has 3 amide bonds. The van der Waals surface area contributed by atoms with E-state index in [2.05, 4.69) is 10.6 Å². The number of benzene rings is 2. The largest absolute Gasteiger partial charge is 0.490 e. The van der Waals surface area contributed by atoms with E-state index < -0.39 is 11.7 Å². The van der Waals surface area contributed by atoms with Crippen LogP contribution in [-0.4, -0.2) is 61.6 Å². The van der Waals surface area contributed by atoms with Gasteiger partial charge in [0.25, 0.3) is 11.8 Å². The summed E-state index contributed by atoms with van der Waals surface area (Å²) in [5.74, 6) is -0.781. The van der Waals surface area contributed by atoms with E-state index >= 15 is 0 Å². The molecule has 0 saturated carbocycles. The van der Waals surface area contributed by atoms with Crippen molar-refractivity contribution >= 4 is 23.4 Å². The highest BCUT2D eigenvalue weighted by molar-refractivity contribution is 6.05. The molecule has 1 saturated heterocycles. The van der Waals surface area contributed by atoms with Crippen molar-refractivity contribution < 1.29 is 28.2 Å². The van der Waals surface area contributed by atoms with Gasteiger partial charge in [0.2, 0.25) is 5.91 Å². The van der Waals surface area contributed by atoms with Gasteiger partial charge >= 0.3 is 0 Å². The van der Waals surface area contributed by atoms with Crippen LogP contribution in [-0.2, 0) is 9.53 Å². The molecule has 2 N–H and O–H groups in total. The number of halogens is 1. The van der Waals surface area contributed by atoms with Crippen LogP contribution in [0.3, 0.4) is 0 Å². The van der Waals surface area contributed by atoms with E-state index in [1.165, 1.54) is 24.3 Å². The normalized spacial score (nSPS) is 22.2. The molecule has 3 atom stereocenters. The molecule has 174 valence electrons. The number of ether oxygens (including phenoxy) is 2. The molecule has 2 aromatic carbocycles. The predicted molar refractivity (Wildman–Crippen MR) is 119 cm³/mol. The van der Waals surface area contributed by atoms with Gasteiger partial charge in [-0.05, 0) is 55.3 Å². The zero-order valence-corrected chi connectivity index (χ0v) is 18.5. The summed E-state index contributed by atoms with van der Waals surface area (Å²) in [6, 6.07) is 9.86. The van der Waals surface area contributed by atoms with Crippen molar-refractivity contribution in [1.29, 1.82) is 0 Å². The van der Waals surface area contributed by atoms with Crippen molar-refractivity contribution in [2.24, 2.45) is 0 Å². The molecule has 1 fully saturated rings. The Morgan fingerprint density at radius 2 is 1.91 bits per heavy atom. The Morgan fingerprint density at radius 3 is 2.64 bits per heavy atom. The van der Waals surface area contributed by atoms with Crippen LogP contribution < -0.4 is 15.4 Å². The Morgan fingerprint density at radius 1 is 1.15 bits per heavy atom. The van der Waals surface area contributed by atoms with Crippen LogP contribution in [0, 0.1) is 5.82 Å². The van der Waals surface area contributed by atoms with E-state index in [1.54, 1.807) is 37.2 Å². The van der Waals surface area contributed by atoms with Gasteiger partial charge in [0.05, 0.1) is 24.1 Å². The Hall–Kier alpha value is -3.46. The average molecular weight is 455 g/mol. The molecule has 0 aliphatic carbocycles. The number of nitrogens with one attached hydrogen (secondary N) is 2. The lowest BCUT2D eigenvalue weighted by Crippen LogP contribution is -2.53. The van der Waals surface area contributed by atoms with Gasteiger partial charge in [0.15, 0.2) is 0 Å². The highest BCUT2D eigenvalue weighted by atomic mass is 19.1. The summed E-state index contributed by atoms with van der Waals surface area (Å²) >= 11 is 0. The first-order valence-electron chi connectivity index (χ1n) is 10.8. The Balaban J connectivity index is 1.51. The lowest BCUT2D eigenvalue weighted by molar-refractivity contribution is -0.133. The number of likely N-dealkylation sites (N-methyl/N-ethyl adjacent to an activating group) is 1. The van der Waals surface area contributed by atoms with Crippen molar-refractivity contribution in [3.63, 3.8) is 0 Å². The first-order valence-corrected chi connectivity index (χ1v) is 10.8. The first kappa shape index (κ1) is 22.7. The lowest BCUT2D eigenvalue weighted by Gasteiger charge is -2.42. The number of anilines is 1. The summed E-state index contributed by atoms with van der Waals surface area (Å²) in [7, 11) is 3.31. The quantitative estimate of drug-likeness (QED) is 0.739. The van der Waals surface area contributed by atoms with E-state index in [9.17, 15) is 18.8 Å². The monoisotopic (exact) mass is 455 g/mol. The second-order valence-electron chi connectivity index (χ2n) is 8.22. The smallest absolute Gasteiger partial charge is 0.257 e. The molecule has 2 aliphatic heterocycles. The van der Waals surface area contributed by atoms with E-state index in [-0.39, 0.29) is 43.1 Å². The minimum Gasteiger partial charge on any atom is -0.490 e. The van der Waals surface area contributed by atoms with Crippen LogP contribution in [0.4, 0.5) is 10.1 Å². The van der Waals surface area contributed by atoms with Crippen molar-refractivity contribution in [3.05, 3.63) is 59.4 Å². The maximum Gasteiger partial charge on any atom is 0.257 e. The Labute approximate surface area is 191 Å². The minimum absolute atomic E-state index is 0.0878.